The Kier molecular flexibility index (Phi) is 4.70. The number of carbonyl (C=O) groups excluding carboxylic acids is 1. The first-order valence-corrected chi connectivity index (χ1v) is 8.65. The Morgan fingerprint density at radius 1 is 1.24 bits per heavy atom. The van der Waals surface area contributed by atoms with Gasteiger partial charge < -0.3 is 5.11 Å². The van der Waals surface area contributed by atoms with Crippen LogP contribution in [0.2, 0.25) is 0 Å². The summed E-state index contributed by atoms with van der Waals surface area (Å²) in [5.74, 6) is 0.0162. The van der Waals surface area contributed by atoms with E-state index in [9.17, 15) is 20.0 Å². The molecule has 3 rings (SSSR count). The lowest BCUT2D eigenvalue weighted by atomic mass is 9.65. The molecule has 1 aromatic rings. The lowest BCUT2D eigenvalue weighted by Crippen LogP contribution is -2.33. The molecule has 1 N–H and O–H groups in total. The van der Waals surface area contributed by atoms with Gasteiger partial charge in [0.25, 0.3) is 5.69 Å². The van der Waals surface area contributed by atoms with Crippen molar-refractivity contribution in [1.29, 1.82) is 0 Å². The molecule has 132 valence electrons. The van der Waals surface area contributed by atoms with Crippen LogP contribution in [0.25, 0.3) is 0 Å². The van der Waals surface area contributed by atoms with Gasteiger partial charge in [0, 0.05) is 25.1 Å². The van der Waals surface area contributed by atoms with E-state index >= 15 is 0 Å². The normalized spacial score (nSPS) is 20.4. The molecule has 0 amide bonds. The van der Waals surface area contributed by atoms with Crippen molar-refractivity contribution in [3.8, 4) is 0 Å². The average Bonchev–Trinajstić information content (AvgIpc) is 2.55. The van der Waals surface area contributed by atoms with Crippen molar-refractivity contribution in [3.05, 3.63) is 45.2 Å². The molecule has 1 aromatic carbocycles. The summed E-state index contributed by atoms with van der Waals surface area (Å²) in [6, 6.07) is 4.64. The fourth-order valence-corrected chi connectivity index (χ4v) is 3.99. The van der Waals surface area contributed by atoms with Crippen LogP contribution in [0.15, 0.2) is 34.5 Å². The van der Waals surface area contributed by atoms with Gasteiger partial charge in [0.1, 0.15) is 5.76 Å². The predicted octanol–water partition coefficient (Wildman–Crippen LogP) is 4.73. The molecule has 6 nitrogen and oxygen atoms in total. The van der Waals surface area contributed by atoms with Crippen LogP contribution >= 0.6 is 0 Å². The maximum Gasteiger partial charge on any atom is 0.274 e. The number of allylic oxidation sites excluding steroid dienone is 2. The number of aliphatic hydroxyl groups is 1. The second-order valence-electron chi connectivity index (χ2n) is 7.13. The first-order chi connectivity index (χ1) is 11.9. The highest BCUT2D eigenvalue weighted by Crippen LogP contribution is 2.47. The van der Waals surface area contributed by atoms with Crippen LogP contribution < -0.4 is 0 Å². The molecule has 2 aliphatic rings. The highest BCUT2D eigenvalue weighted by Gasteiger charge is 2.40. The zero-order valence-corrected chi connectivity index (χ0v) is 14.3. The van der Waals surface area contributed by atoms with Crippen molar-refractivity contribution in [3.63, 3.8) is 0 Å². The second-order valence-corrected chi connectivity index (χ2v) is 7.13. The van der Waals surface area contributed by atoms with Crippen LogP contribution in [-0.2, 0) is 4.79 Å². The minimum absolute atomic E-state index is 0.0102. The Bertz CT molecular complexity index is 774. The van der Waals surface area contributed by atoms with Crippen molar-refractivity contribution in [2.75, 3.05) is 0 Å². The fraction of sp³-hybridized carbons (Fsp3) is 0.474. The zero-order valence-electron chi connectivity index (χ0n) is 14.3. The molecule has 25 heavy (non-hydrogen) atoms. The maximum atomic E-state index is 12.5. The summed E-state index contributed by atoms with van der Waals surface area (Å²) in [6.07, 6.45) is 7.71. The number of ketones is 1. The fourth-order valence-electron chi connectivity index (χ4n) is 3.99. The van der Waals surface area contributed by atoms with Crippen LogP contribution in [-0.4, -0.2) is 22.0 Å². The summed E-state index contributed by atoms with van der Waals surface area (Å²) >= 11 is 0. The summed E-state index contributed by atoms with van der Waals surface area (Å²) in [5.41, 5.74) is 1.01. The summed E-state index contributed by atoms with van der Waals surface area (Å²) in [5, 5.41) is 21.4. The molecule has 0 saturated heterocycles. The van der Waals surface area contributed by atoms with Crippen LogP contribution in [0.4, 0.5) is 11.4 Å². The molecule has 6 heteroatoms. The molecule has 0 bridgehead atoms. The summed E-state index contributed by atoms with van der Waals surface area (Å²) < 4.78 is 0. The quantitative estimate of drug-likeness (QED) is 0.488. The van der Waals surface area contributed by atoms with E-state index in [2.05, 4.69) is 4.99 Å². The van der Waals surface area contributed by atoms with Gasteiger partial charge in [-0.05, 0) is 31.2 Å². The van der Waals surface area contributed by atoms with Crippen molar-refractivity contribution in [2.24, 2.45) is 10.4 Å². The Morgan fingerprint density at radius 2 is 1.96 bits per heavy atom. The topological polar surface area (TPSA) is 92.8 Å². The second kappa shape index (κ2) is 6.78. The van der Waals surface area contributed by atoms with E-state index < -0.39 is 4.92 Å². The summed E-state index contributed by atoms with van der Waals surface area (Å²) in [4.78, 5) is 27.3. The first-order valence-electron chi connectivity index (χ1n) is 8.65. The predicted molar refractivity (Wildman–Crippen MR) is 95.4 cm³/mol. The minimum atomic E-state index is -0.455. The van der Waals surface area contributed by atoms with Gasteiger partial charge in [-0.2, -0.15) is 0 Å². The number of hydrogen-bond donors (Lipinski definition) is 1. The monoisotopic (exact) mass is 342 g/mol. The van der Waals surface area contributed by atoms with E-state index in [1.54, 1.807) is 19.1 Å². The van der Waals surface area contributed by atoms with E-state index in [4.69, 9.17) is 0 Å². The number of Topliss-reactive ketones (excluding diaryl/α,β-unsaturated/α-hetero) is 1. The van der Waals surface area contributed by atoms with Gasteiger partial charge in [-0.25, -0.2) is 0 Å². The number of nitrogens with zero attached hydrogens (tertiary/aromatic N) is 2. The number of benzene rings is 1. The van der Waals surface area contributed by atoms with Gasteiger partial charge >= 0.3 is 0 Å². The third-order valence-corrected chi connectivity index (χ3v) is 5.41. The Hall–Kier alpha value is -2.50. The van der Waals surface area contributed by atoms with E-state index in [-0.39, 0.29) is 28.2 Å². The highest BCUT2D eigenvalue weighted by atomic mass is 16.6. The Morgan fingerprint density at radius 3 is 2.60 bits per heavy atom. The number of carbonyl (C=O) groups is 1. The SMILES string of the molecule is Cc1c(N=CC2=C(O)CC3(CCCCC3)CC2=O)cccc1[N+](=O)[O-]. The third-order valence-electron chi connectivity index (χ3n) is 5.41. The number of aliphatic hydroxyl groups excluding tert-OH is 1. The van der Waals surface area contributed by atoms with Gasteiger partial charge in [0.05, 0.1) is 21.7 Å². The number of hydrogen-bond acceptors (Lipinski definition) is 5. The lowest BCUT2D eigenvalue weighted by molar-refractivity contribution is -0.385. The molecule has 1 fully saturated rings. The van der Waals surface area contributed by atoms with Gasteiger partial charge in [-0.1, -0.05) is 25.3 Å². The molecule has 1 spiro atoms. The summed E-state index contributed by atoms with van der Waals surface area (Å²) in [7, 11) is 0. The van der Waals surface area contributed by atoms with E-state index in [0.717, 1.165) is 25.7 Å². The molecular weight excluding hydrogens is 320 g/mol. The smallest absolute Gasteiger partial charge is 0.274 e. The van der Waals surface area contributed by atoms with Gasteiger partial charge in [-0.15, -0.1) is 0 Å². The number of aliphatic imine (C=N–C) groups is 1. The Labute approximate surface area is 146 Å². The third kappa shape index (κ3) is 3.48. The van der Waals surface area contributed by atoms with Crippen molar-refractivity contribution >= 4 is 23.4 Å². The van der Waals surface area contributed by atoms with E-state index in [0.29, 0.717) is 24.1 Å². The number of rotatable bonds is 3. The molecule has 0 unspecified atom stereocenters. The molecule has 0 heterocycles. The zero-order chi connectivity index (χ0) is 18.0. The average molecular weight is 342 g/mol. The van der Waals surface area contributed by atoms with Crippen LogP contribution in [0.1, 0.15) is 50.5 Å². The molecule has 1 saturated carbocycles. The van der Waals surface area contributed by atoms with Gasteiger partial charge in [-0.3, -0.25) is 19.9 Å². The van der Waals surface area contributed by atoms with Crippen molar-refractivity contribution < 1.29 is 14.8 Å². The maximum absolute atomic E-state index is 12.5. The molecule has 0 radical (unpaired) electrons. The number of nitro benzene ring substituents is 1. The van der Waals surface area contributed by atoms with Gasteiger partial charge in [0.2, 0.25) is 0 Å². The Balaban J connectivity index is 1.86. The molecular formula is C19H22N2O4. The van der Waals surface area contributed by atoms with Crippen molar-refractivity contribution in [1.82, 2.24) is 0 Å². The minimum Gasteiger partial charge on any atom is -0.511 e. The molecule has 0 atom stereocenters. The lowest BCUT2D eigenvalue weighted by Gasteiger charge is -2.39. The van der Waals surface area contributed by atoms with Crippen LogP contribution in [0, 0.1) is 22.5 Å². The van der Waals surface area contributed by atoms with E-state index in [1.165, 1.54) is 18.7 Å². The van der Waals surface area contributed by atoms with Crippen LogP contribution in [0.3, 0.4) is 0 Å². The number of nitro groups is 1. The van der Waals surface area contributed by atoms with Crippen molar-refractivity contribution in [2.45, 2.75) is 51.9 Å². The first kappa shape index (κ1) is 17.3. The molecule has 0 aliphatic heterocycles. The highest BCUT2D eigenvalue weighted by molar-refractivity contribution is 6.15. The standard InChI is InChI=1S/C19H22N2O4/c1-13-15(6-5-7-16(13)21(24)25)20-12-14-17(22)10-19(11-18(14)23)8-3-2-4-9-19/h5-7,12,22H,2-4,8-11H2,1H3. The molecule has 0 aromatic heterocycles. The largest absolute Gasteiger partial charge is 0.511 e. The van der Waals surface area contributed by atoms with E-state index in [1.807, 2.05) is 0 Å². The summed E-state index contributed by atoms with van der Waals surface area (Å²) in [6.45, 7) is 1.62. The van der Waals surface area contributed by atoms with Gasteiger partial charge in [0.15, 0.2) is 5.78 Å². The molecule has 2 aliphatic carbocycles. The van der Waals surface area contributed by atoms with Crippen LogP contribution in [0.5, 0.6) is 0 Å².